The summed E-state index contributed by atoms with van der Waals surface area (Å²) in [5.41, 5.74) is 1.93. The molecule has 0 amide bonds. The standard InChI is InChI=1S/C20H13NO2S/c1-2-18(22)23-15-8-5-7-14(12-15)20-21-19-16-9-4-3-6-13(16)10-11-17(19)24-20/h2-12H,1H2. The Kier molecular flexibility index (Phi) is 3.59. The smallest absolute Gasteiger partial charge is 0.335 e. The van der Waals surface area contributed by atoms with Crippen molar-refractivity contribution in [3.05, 3.63) is 73.3 Å². The van der Waals surface area contributed by atoms with Crippen LogP contribution in [0, 0.1) is 0 Å². The molecule has 116 valence electrons. The number of esters is 1. The SMILES string of the molecule is C=CC(=O)Oc1cccc(-c2nc3c(ccc4ccccc43)s2)c1. The molecular formula is C20H13NO2S. The molecule has 0 aliphatic heterocycles. The first kappa shape index (κ1) is 14.6. The number of rotatable bonds is 3. The van der Waals surface area contributed by atoms with Crippen molar-refractivity contribution < 1.29 is 9.53 Å². The summed E-state index contributed by atoms with van der Waals surface area (Å²) in [5.74, 6) is 0.0176. The molecule has 0 aliphatic rings. The average Bonchev–Trinajstić information content (AvgIpc) is 3.06. The molecule has 1 heterocycles. The van der Waals surface area contributed by atoms with Gasteiger partial charge in [-0.3, -0.25) is 0 Å². The number of carbonyl (C=O) groups is 1. The van der Waals surface area contributed by atoms with Crippen molar-refractivity contribution in [2.24, 2.45) is 0 Å². The molecular weight excluding hydrogens is 318 g/mol. The van der Waals surface area contributed by atoms with Crippen LogP contribution in [0.1, 0.15) is 0 Å². The second-order valence-electron chi connectivity index (χ2n) is 5.31. The van der Waals surface area contributed by atoms with Crippen LogP contribution in [0.4, 0.5) is 0 Å². The van der Waals surface area contributed by atoms with Gasteiger partial charge in [-0.1, -0.05) is 49.0 Å². The van der Waals surface area contributed by atoms with Crippen molar-refractivity contribution in [1.82, 2.24) is 4.98 Å². The summed E-state index contributed by atoms with van der Waals surface area (Å²) in [4.78, 5) is 16.2. The fraction of sp³-hybridized carbons (Fsp3) is 0. The van der Waals surface area contributed by atoms with Crippen LogP contribution in [-0.4, -0.2) is 11.0 Å². The zero-order valence-electron chi connectivity index (χ0n) is 12.7. The summed E-state index contributed by atoms with van der Waals surface area (Å²) >= 11 is 1.63. The van der Waals surface area contributed by atoms with E-state index in [4.69, 9.17) is 9.72 Å². The molecule has 3 aromatic carbocycles. The topological polar surface area (TPSA) is 39.2 Å². The quantitative estimate of drug-likeness (QED) is 0.294. The molecule has 0 fully saturated rings. The third-order valence-electron chi connectivity index (χ3n) is 3.75. The van der Waals surface area contributed by atoms with Gasteiger partial charge >= 0.3 is 5.97 Å². The van der Waals surface area contributed by atoms with Crippen molar-refractivity contribution in [3.8, 4) is 16.3 Å². The molecule has 0 saturated carbocycles. The second kappa shape index (κ2) is 5.91. The fourth-order valence-electron chi connectivity index (χ4n) is 2.64. The molecule has 4 aromatic rings. The second-order valence-corrected chi connectivity index (χ2v) is 6.34. The van der Waals surface area contributed by atoms with E-state index in [0.29, 0.717) is 5.75 Å². The first-order valence-corrected chi connectivity index (χ1v) is 8.29. The lowest BCUT2D eigenvalue weighted by Gasteiger charge is -2.02. The molecule has 24 heavy (non-hydrogen) atoms. The van der Waals surface area contributed by atoms with E-state index in [1.165, 1.54) is 5.39 Å². The Labute approximate surface area is 142 Å². The van der Waals surface area contributed by atoms with E-state index < -0.39 is 5.97 Å². The third-order valence-corrected chi connectivity index (χ3v) is 4.82. The summed E-state index contributed by atoms with van der Waals surface area (Å²) in [6.07, 6.45) is 1.15. The Morgan fingerprint density at radius 1 is 1.08 bits per heavy atom. The summed E-state index contributed by atoms with van der Waals surface area (Å²) in [5, 5.41) is 3.22. The maximum atomic E-state index is 11.4. The van der Waals surface area contributed by atoms with Crippen molar-refractivity contribution in [1.29, 1.82) is 0 Å². The molecule has 0 N–H and O–H groups in total. The van der Waals surface area contributed by atoms with E-state index in [2.05, 4.69) is 30.8 Å². The average molecular weight is 331 g/mol. The lowest BCUT2D eigenvalue weighted by molar-refractivity contribution is -0.128. The van der Waals surface area contributed by atoms with E-state index in [0.717, 1.165) is 32.2 Å². The van der Waals surface area contributed by atoms with Gasteiger partial charge in [-0.25, -0.2) is 9.78 Å². The minimum atomic E-state index is -0.470. The summed E-state index contributed by atoms with van der Waals surface area (Å²) in [7, 11) is 0. The largest absolute Gasteiger partial charge is 0.423 e. The van der Waals surface area contributed by atoms with Gasteiger partial charge in [0.1, 0.15) is 10.8 Å². The fourth-order valence-corrected chi connectivity index (χ4v) is 3.61. The van der Waals surface area contributed by atoms with Crippen LogP contribution in [0.25, 0.3) is 31.6 Å². The molecule has 3 nitrogen and oxygen atoms in total. The molecule has 0 bridgehead atoms. The van der Waals surface area contributed by atoms with Gasteiger partial charge in [0, 0.05) is 17.0 Å². The van der Waals surface area contributed by atoms with E-state index in [1.807, 2.05) is 30.3 Å². The maximum absolute atomic E-state index is 11.4. The molecule has 4 rings (SSSR count). The van der Waals surface area contributed by atoms with Gasteiger partial charge < -0.3 is 4.74 Å². The Morgan fingerprint density at radius 3 is 2.83 bits per heavy atom. The van der Waals surface area contributed by atoms with Gasteiger partial charge in [-0.2, -0.15) is 0 Å². The monoisotopic (exact) mass is 331 g/mol. The lowest BCUT2D eigenvalue weighted by Crippen LogP contribution is -2.02. The molecule has 0 spiro atoms. The van der Waals surface area contributed by atoms with Gasteiger partial charge in [0.05, 0.1) is 10.2 Å². The number of hydrogen-bond acceptors (Lipinski definition) is 4. The van der Waals surface area contributed by atoms with Crippen LogP contribution in [0.5, 0.6) is 5.75 Å². The normalized spacial score (nSPS) is 10.8. The Bertz CT molecular complexity index is 1080. The number of thiazole rings is 1. The van der Waals surface area contributed by atoms with Gasteiger partial charge in [0.15, 0.2) is 0 Å². The Balaban J connectivity index is 1.82. The van der Waals surface area contributed by atoms with E-state index in [1.54, 1.807) is 17.4 Å². The third kappa shape index (κ3) is 2.57. The molecule has 0 atom stereocenters. The molecule has 0 radical (unpaired) electrons. The lowest BCUT2D eigenvalue weighted by atomic mass is 10.1. The highest BCUT2D eigenvalue weighted by molar-refractivity contribution is 7.21. The van der Waals surface area contributed by atoms with E-state index in [9.17, 15) is 4.79 Å². The molecule has 4 heteroatoms. The number of carbonyl (C=O) groups excluding carboxylic acids is 1. The van der Waals surface area contributed by atoms with Crippen molar-refractivity contribution >= 4 is 38.3 Å². The zero-order chi connectivity index (χ0) is 16.5. The van der Waals surface area contributed by atoms with Gasteiger partial charge in [-0.05, 0) is 23.6 Å². The first-order chi connectivity index (χ1) is 11.7. The highest BCUT2D eigenvalue weighted by Crippen LogP contribution is 2.35. The van der Waals surface area contributed by atoms with Gasteiger partial charge in [0.2, 0.25) is 0 Å². The number of fused-ring (bicyclic) bond motifs is 3. The number of nitrogens with zero attached hydrogens (tertiary/aromatic N) is 1. The highest BCUT2D eigenvalue weighted by atomic mass is 32.1. The number of ether oxygens (including phenoxy) is 1. The van der Waals surface area contributed by atoms with E-state index >= 15 is 0 Å². The molecule has 0 aliphatic carbocycles. The van der Waals surface area contributed by atoms with Gasteiger partial charge in [-0.15, -0.1) is 11.3 Å². The van der Waals surface area contributed by atoms with Crippen molar-refractivity contribution in [2.75, 3.05) is 0 Å². The van der Waals surface area contributed by atoms with Crippen LogP contribution < -0.4 is 4.74 Å². The summed E-state index contributed by atoms with van der Waals surface area (Å²) in [6.45, 7) is 3.41. The van der Waals surface area contributed by atoms with Crippen LogP contribution in [0.2, 0.25) is 0 Å². The minimum Gasteiger partial charge on any atom is -0.423 e. The zero-order valence-corrected chi connectivity index (χ0v) is 13.5. The molecule has 1 aromatic heterocycles. The van der Waals surface area contributed by atoms with Gasteiger partial charge in [0.25, 0.3) is 0 Å². The highest BCUT2D eigenvalue weighted by Gasteiger charge is 2.10. The summed E-state index contributed by atoms with van der Waals surface area (Å²) < 4.78 is 6.33. The molecule has 0 unspecified atom stereocenters. The van der Waals surface area contributed by atoms with Crippen LogP contribution in [0.3, 0.4) is 0 Å². The molecule has 0 saturated heterocycles. The van der Waals surface area contributed by atoms with Crippen LogP contribution in [0.15, 0.2) is 73.3 Å². The Hall–Kier alpha value is -2.98. The maximum Gasteiger partial charge on any atom is 0.335 e. The number of hydrogen-bond donors (Lipinski definition) is 0. The first-order valence-electron chi connectivity index (χ1n) is 7.47. The Morgan fingerprint density at radius 2 is 1.96 bits per heavy atom. The number of aromatic nitrogens is 1. The minimum absolute atomic E-state index is 0.470. The summed E-state index contributed by atoms with van der Waals surface area (Å²) in [6, 6.07) is 19.8. The van der Waals surface area contributed by atoms with Crippen molar-refractivity contribution in [3.63, 3.8) is 0 Å². The predicted octanol–water partition coefficient (Wildman–Crippen LogP) is 5.21. The van der Waals surface area contributed by atoms with Crippen LogP contribution in [-0.2, 0) is 4.79 Å². The van der Waals surface area contributed by atoms with Crippen LogP contribution >= 0.6 is 11.3 Å². The predicted molar refractivity (Wildman–Crippen MR) is 98.4 cm³/mol. The number of benzene rings is 3. The van der Waals surface area contributed by atoms with Crippen molar-refractivity contribution in [2.45, 2.75) is 0 Å². The van der Waals surface area contributed by atoms with E-state index in [-0.39, 0.29) is 0 Å².